The van der Waals surface area contributed by atoms with Crippen LogP contribution in [0.3, 0.4) is 0 Å². The Morgan fingerprint density at radius 1 is 1.46 bits per heavy atom. The second-order valence-electron chi connectivity index (χ2n) is 3.37. The summed E-state index contributed by atoms with van der Waals surface area (Å²) >= 11 is 0. The van der Waals surface area contributed by atoms with Crippen molar-refractivity contribution < 1.29 is 4.74 Å². The largest absolute Gasteiger partial charge is 0.493 e. The Kier molecular flexibility index (Phi) is 3.56. The maximum Gasteiger partial charge on any atom is 0.119 e. The van der Waals surface area contributed by atoms with Gasteiger partial charge in [0.25, 0.3) is 0 Å². The molecule has 0 heterocycles. The van der Waals surface area contributed by atoms with E-state index in [1.807, 2.05) is 25.1 Å². The third-order valence-electron chi connectivity index (χ3n) is 1.79. The van der Waals surface area contributed by atoms with Crippen molar-refractivity contribution in [3.8, 4) is 5.75 Å². The highest BCUT2D eigenvalue weighted by molar-refractivity contribution is 5.27. The summed E-state index contributed by atoms with van der Waals surface area (Å²) in [6, 6.07) is 8.08. The predicted octanol–water partition coefficient (Wildman–Crippen LogP) is 3.34. The molecule has 0 aliphatic heterocycles. The van der Waals surface area contributed by atoms with Gasteiger partial charge in [-0.2, -0.15) is 0 Å². The van der Waals surface area contributed by atoms with Gasteiger partial charge in [0.15, 0.2) is 0 Å². The average molecular weight is 176 g/mol. The number of benzene rings is 1. The van der Waals surface area contributed by atoms with Gasteiger partial charge in [-0.15, -0.1) is 6.58 Å². The molecule has 0 bridgehead atoms. The Balaban J connectivity index is 2.41. The Morgan fingerprint density at radius 3 is 2.85 bits per heavy atom. The highest BCUT2D eigenvalue weighted by atomic mass is 16.5. The number of ether oxygens (including phenoxy) is 1. The van der Waals surface area contributed by atoms with Crippen LogP contribution in [0.25, 0.3) is 0 Å². The number of aryl methyl sites for hydroxylation is 1. The summed E-state index contributed by atoms with van der Waals surface area (Å²) < 4.78 is 5.54. The summed E-state index contributed by atoms with van der Waals surface area (Å²) in [5, 5.41) is 0. The molecular formula is C12H16O. The van der Waals surface area contributed by atoms with Gasteiger partial charge in [0.2, 0.25) is 0 Å². The molecule has 0 unspecified atom stereocenters. The molecule has 0 aliphatic rings. The van der Waals surface area contributed by atoms with Crippen molar-refractivity contribution in [3.05, 3.63) is 42.0 Å². The van der Waals surface area contributed by atoms with E-state index in [4.69, 9.17) is 4.74 Å². The molecule has 1 aromatic rings. The number of hydrogen-bond donors (Lipinski definition) is 0. The molecule has 0 fully saturated rings. The van der Waals surface area contributed by atoms with Gasteiger partial charge in [-0.05, 0) is 31.5 Å². The molecule has 0 aliphatic carbocycles. The van der Waals surface area contributed by atoms with E-state index >= 15 is 0 Å². The van der Waals surface area contributed by atoms with E-state index in [0.29, 0.717) is 0 Å². The van der Waals surface area contributed by atoms with Gasteiger partial charge in [-0.25, -0.2) is 0 Å². The fraction of sp³-hybridized carbons (Fsp3) is 0.333. The lowest BCUT2D eigenvalue weighted by Crippen LogP contribution is -1.97. The van der Waals surface area contributed by atoms with E-state index in [-0.39, 0.29) is 0 Å². The second kappa shape index (κ2) is 4.70. The predicted molar refractivity (Wildman–Crippen MR) is 56.1 cm³/mol. The van der Waals surface area contributed by atoms with E-state index in [1.165, 1.54) is 5.56 Å². The van der Waals surface area contributed by atoms with Crippen molar-refractivity contribution in [1.29, 1.82) is 0 Å². The van der Waals surface area contributed by atoms with Crippen molar-refractivity contribution in [1.82, 2.24) is 0 Å². The first-order valence-electron chi connectivity index (χ1n) is 4.52. The van der Waals surface area contributed by atoms with Crippen LogP contribution >= 0.6 is 0 Å². The summed E-state index contributed by atoms with van der Waals surface area (Å²) in [4.78, 5) is 0. The van der Waals surface area contributed by atoms with Crippen LogP contribution in [0.4, 0.5) is 0 Å². The molecule has 13 heavy (non-hydrogen) atoms. The molecule has 0 saturated carbocycles. The van der Waals surface area contributed by atoms with Gasteiger partial charge < -0.3 is 4.74 Å². The molecule has 1 aromatic carbocycles. The molecule has 0 amide bonds. The first-order chi connectivity index (χ1) is 6.18. The Hall–Kier alpha value is -1.24. The molecule has 0 radical (unpaired) electrons. The zero-order valence-corrected chi connectivity index (χ0v) is 8.34. The van der Waals surface area contributed by atoms with Crippen LogP contribution in [0.1, 0.15) is 18.9 Å². The maximum atomic E-state index is 5.54. The van der Waals surface area contributed by atoms with E-state index in [9.17, 15) is 0 Å². The highest BCUT2D eigenvalue weighted by Crippen LogP contribution is 2.12. The van der Waals surface area contributed by atoms with Crippen LogP contribution in [0.2, 0.25) is 0 Å². The number of rotatable bonds is 4. The van der Waals surface area contributed by atoms with Gasteiger partial charge >= 0.3 is 0 Å². The quantitative estimate of drug-likeness (QED) is 0.639. The summed E-state index contributed by atoms with van der Waals surface area (Å²) in [7, 11) is 0. The van der Waals surface area contributed by atoms with Gasteiger partial charge in [-0.3, -0.25) is 0 Å². The molecule has 1 nitrogen and oxygen atoms in total. The van der Waals surface area contributed by atoms with Crippen LogP contribution in [-0.4, -0.2) is 6.61 Å². The molecule has 0 atom stereocenters. The van der Waals surface area contributed by atoms with Crippen LogP contribution in [0.15, 0.2) is 36.4 Å². The molecular weight excluding hydrogens is 160 g/mol. The topological polar surface area (TPSA) is 9.23 Å². The normalized spacial score (nSPS) is 9.69. The third kappa shape index (κ3) is 3.79. The summed E-state index contributed by atoms with van der Waals surface area (Å²) in [5.41, 5.74) is 2.39. The molecule has 70 valence electrons. The lowest BCUT2D eigenvalue weighted by molar-refractivity contribution is 0.321. The van der Waals surface area contributed by atoms with E-state index in [0.717, 1.165) is 24.4 Å². The minimum atomic E-state index is 0.721. The van der Waals surface area contributed by atoms with Gasteiger partial charge in [0.05, 0.1) is 6.61 Å². The Bertz CT molecular complexity index is 289. The summed E-state index contributed by atoms with van der Waals surface area (Å²) in [6.07, 6.45) is 0.925. The van der Waals surface area contributed by atoms with E-state index < -0.39 is 0 Å². The first kappa shape index (κ1) is 9.85. The monoisotopic (exact) mass is 176 g/mol. The van der Waals surface area contributed by atoms with E-state index in [2.05, 4.69) is 19.6 Å². The fourth-order valence-corrected chi connectivity index (χ4v) is 1.05. The molecule has 1 rings (SSSR count). The van der Waals surface area contributed by atoms with Crippen LogP contribution in [-0.2, 0) is 0 Å². The Labute approximate surface area is 80.0 Å². The molecule has 0 N–H and O–H groups in total. The second-order valence-corrected chi connectivity index (χ2v) is 3.37. The fourth-order valence-electron chi connectivity index (χ4n) is 1.05. The van der Waals surface area contributed by atoms with Crippen LogP contribution < -0.4 is 4.74 Å². The maximum absolute atomic E-state index is 5.54. The molecule has 0 aromatic heterocycles. The van der Waals surface area contributed by atoms with Gasteiger partial charge in [0.1, 0.15) is 5.75 Å². The SMILES string of the molecule is C=C(C)CCOc1cccc(C)c1. The third-order valence-corrected chi connectivity index (χ3v) is 1.79. The smallest absolute Gasteiger partial charge is 0.119 e. The minimum absolute atomic E-state index is 0.721. The van der Waals surface area contributed by atoms with Crippen LogP contribution in [0.5, 0.6) is 5.75 Å². The van der Waals surface area contributed by atoms with Crippen molar-refractivity contribution in [2.24, 2.45) is 0 Å². The summed E-state index contributed by atoms with van der Waals surface area (Å²) in [5.74, 6) is 0.946. The molecule has 0 saturated heterocycles. The van der Waals surface area contributed by atoms with Crippen molar-refractivity contribution in [2.75, 3.05) is 6.61 Å². The lowest BCUT2D eigenvalue weighted by Gasteiger charge is -2.05. The molecule has 0 spiro atoms. The van der Waals surface area contributed by atoms with Gasteiger partial charge in [0, 0.05) is 6.42 Å². The zero-order chi connectivity index (χ0) is 9.68. The van der Waals surface area contributed by atoms with Gasteiger partial charge in [-0.1, -0.05) is 17.7 Å². The first-order valence-corrected chi connectivity index (χ1v) is 4.52. The van der Waals surface area contributed by atoms with Crippen LogP contribution in [0, 0.1) is 6.92 Å². The average Bonchev–Trinajstić information content (AvgIpc) is 2.03. The summed E-state index contributed by atoms with van der Waals surface area (Å²) in [6.45, 7) is 8.62. The standard InChI is InChI=1S/C12H16O/c1-10(2)7-8-13-12-6-4-5-11(3)9-12/h4-6,9H,1,7-8H2,2-3H3. The lowest BCUT2D eigenvalue weighted by atomic mass is 10.2. The Morgan fingerprint density at radius 2 is 2.23 bits per heavy atom. The zero-order valence-electron chi connectivity index (χ0n) is 8.34. The number of hydrogen-bond acceptors (Lipinski definition) is 1. The highest BCUT2D eigenvalue weighted by Gasteiger charge is 1.93. The molecule has 1 heteroatoms. The van der Waals surface area contributed by atoms with Crippen molar-refractivity contribution in [2.45, 2.75) is 20.3 Å². The minimum Gasteiger partial charge on any atom is -0.493 e. The van der Waals surface area contributed by atoms with Crippen molar-refractivity contribution in [3.63, 3.8) is 0 Å². The van der Waals surface area contributed by atoms with Crippen molar-refractivity contribution >= 4 is 0 Å². The van der Waals surface area contributed by atoms with E-state index in [1.54, 1.807) is 0 Å².